The fraction of sp³-hybridized carbons (Fsp3) is 0.500. The van der Waals surface area contributed by atoms with E-state index < -0.39 is 11.6 Å². The van der Waals surface area contributed by atoms with Crippen LogP contribution in [0.5, 0.6) is 0 Å². The van der Waals surface area contributed by atoms with Crippen LogP contribution in [0.4, 0.5) is 8.78 Å². The number of benzene rings is 1. The van der Waals surface area contributed by atoms with Gasteiger partial charge in [0, 0.05) is 11.8 Å². The molecule has 0 fully saturated rings. The molecule has 0 radical (unpaired) electrons. The third-order valence-corrected chi connectivity index (χ3v) is 2.69. The van der Waals surface area contributed by atoms with Crippen molar-refractivity contribution in [3.63, 3.8) is 0 Å². The molecule has 0 unspecified atom stereocenters. The molecule has 0 aliphatic carbocycles. The Morgan fingerprint density at radius 1 is 1.18 bits per heavy atom. The number of ketones is 1. The molecule has 0 bridgehead atoms. The van der Waals surface area contributed by atoms with E-state index >= 15 is 0 Å². The predicted octanol–water partition coefficient (Wildman–Crippen LogP) is 3.90. The highest BCUT2D eigenvalue weighted by Gasteiger charge is 2.20. The van der Waals surface area contributed by atoms with Gasteiger partial charge in [0.2, 0.25) is 0 Å². The zero-order valence-corrected chi connectivity index (χ0v) is 10.5. The predicted molar refractivity (Wildman–Crippen MR) is 63.8 cm³/mol. The first-order valence-corrected chi connectivity index (χ1v) is 5.78. The third-order valence-electron chi connectivity index (χ3n) is 2.69. The minimum atomic E-state index is -0.834. The van der Waals surface area contributed by atoms with Crippen molar-refractivity contribution in [2.75, 3.05) is 0 Å². The summed E-state index contributed by atoms with van der Waals surface area (Å²) in [5, 5.41) is 0. The highest BCUT2D eigenvalue weighted by Crippen LogP contribution is 2.19. The Morgan fingerprint density at radius 2 is 1.82 bits per heavy atom. The summed E-state index contributed by atoms with van der Waals surface area (Å²) in [4.78, 5) is 11.6. The first kappa shape index (κ1) is 13.8. The van der Waals surface area contributed by atoms with Crippen LogP contribution in [0.2, 0.25) is 0 Å². The molecule has 94 valence electrons. The van der Waals surface area contributed by atoms with E-state index in [-0.39, 0.29) is 11.2 Å². The van der Waals surface area contributed by atoms with Crippen molar-refractivity contribution >= 4 is 5.78 Å². The first-order valence-electron chi connectivity index (χ1n) is 5.78. The topological polar surface area (TPSA) is 17.1 Å². The molecule has 0 aliphatic rings. The van der Waals surface area contributed by atoms with Gasteiger partial charge in [-0.3, -0.25) is 4.79 Å². The smallest absolute Gasteiger partial charge is 0.159 e. The van der Waals surface area contributed by atoms with Crippen LogP contribution in [0.25, 0.3) is 0 Å². The molecule has 0 spiro atoms. The fourth-order valence-electron chi connectivity index (χ4n) is 1.52. The molecule has 0 aromatic heterocycles. The number of Topliss-reactive ketones (excluding diaryl/α,β-unsaturated/α-hetero) is 1. The lowest BCUT2D eigenvalue weighted by Gasteiger charge is -2.16. The van der Waals surface area contributed by atoms with Crippen LogP contribution in [-0.4, -0.2) is 5.78 Å². The average Bonchev–Trinajstić information content (AvgIpc) is 2.22. The number of halogens is 2. The molecule has 17 heavy (non-hydrogen) atoms. The van der Waals surface area contributed by atoms with Gasteiger partial charge in [0.1, 0.15) is 5.78 Å². The summed E-state index contributed by atoms with van der Waals surface area (Å²) in [5.41, 5.74) is 0.402. The van der Waals surface area contributed by atoms with Gasteiger partial charge in [-0.1, -0.05) is 26.8 Å². The second-order valence-electron chi connectivity index (χ2n) is 5.28. The maximum Gasteiger partial charge on any atom is 0.159 e. The van der Waals surface area contributed by atoms with E-state index in [1.807, 2.05) is 20.8 Å². The van der Waals surface area contributed by atoms with Gasteiger partial charge >= 0.3 is 0 Å². The van der Waals surface area contributed by atoms with Crippen LogP contribution in [0, 0.1) is 17.0 Å². The molecular formula is C14H18F2O. The Morgan fingerprint density at radius 3 is 2.35 bits per heavy atom. The van der Waals surface area contributed by atoms with Crippen LogP contribution in [0.3, 0.4) is 0 Å². The van der Waals surface area contributed by atoms with Crippen LogP contribution < -0.4 is 0 Å². The molecule has 3 heteroatoms. The molecular weight excluding hydrogens is 222 g/mol. The zero-order valence-electron chi connectivity index (χ0n) is 10.5. The van der Waals surface area contributed by atoms with Crippen LogP contribution in [-0.2, 0) is 11.2 Å². The second kappa shape index (κ2) is 5.39. The summed E-state index contributed by atoms with van der Waals surface area (Å²) >= 11 is 0. The van der Waals surface area contributed by atoms with Gasteiger partial charge in [-0.25, -0.2) is 8.78 Å². The number of hydrogen-bond donors (Lipinski definition) is 0. The fourth-order valence-corrected chi connectivity index (χ4v) is 1.52. The second-order valence-corrected chi connectivity index (χ2v) is 5.28. The minimum Gasteiger partial charge on any atom is -0.299 e. The van der Waals surface area contributed by atoms with Gasteiger partial charge in [0.15, 0.2) is 11.6 Å². The van der Waals surface area contributed by atoms with Crippen molar-refractivity contribution in [3.8, 4) is 0 Å². The van der Waals surface area contributed by atoms with Crippen molar-refractivity contribution in [1.82, 2.24) is 0 Å². The molecule has 0 atom stereocenters. The minimum absolute atomic E-state index is 0.195. The van der Waals surface area contributed by atoms with Crippen molar-refractivity contribution in [2.24, 2.45) is 5.41 Å². The van der Waals surface area contributed by atoms with Gasteiger partial charge in [-0.05, 0) is 30.5 Å². The molecule has 1 rings (SSSR count). The molecule has 1 aromatic rings. The summed E-state index contributed by atoms with van der Waals surface area (Å²) in [6.07, 6.45) is 1.74. The lowest BCUT2D eigenvalue weighted by Crippen LogP contribution is -2.19. The lowest BCUT2D eigenvalue weighted by atomic mass is 9.87. The largest absolute Gasteiger partial charge is 0.299 e. The molecule has 0 N–H and O–H groups in total. The molecule has 0 aliphatic heterocycles. The summed E-state index contributed by atoms with van der Waals surface area (Å²) in [6.45, 7) is 5.65. The number of carbonyl (C=O) groups excluding carboxylic acids is 1. The van der Waals surface area contributed by atoms with Gasteiger partial charge in [0.25, 0.3) is 0 Å². The van der Waals surface area contributed by atoms with E-state index in [1.54, 1.807) is 6.07 Å². The van der Waals surface area contributed by atoms with Crippen LogP contribution in [0.1, 0.15) is 39.2 Å². The maximum atomic E-state index is 12.9. The van der Waals surface area contributed by atoms with E-state index in [0.717, 1.165) is 11.6 Å². The van der Waals surface area contributed by atoms with Gasteiger partial charge < -0.3 is 0 Å². The van der Waals surface area contributed by atoms with Crippen molar-refractivity contribution in [2.45, 2.75) is 40.0 Å². The first-order chi connectivity index (χ1) is 7.80. The van der Waals surface area contributed by atoms with Crippen molar-refractivity contribution in [1.29, 1.82) is 0 Å². The number of hydrogen-bond acceptors (Lipinski definition) is 1. The molecule has 1 aromatic carbocycles. The number of aryl methyl sites for hydroxylation is 1. The van der Waals surface area contributed by atoms with Crippen LogP contribution >= 0.6 is 0 Å². The standard InChI is InChI=1S/C14H18F2O/c1-14(2,3)13(17)6-4-5-10-7-8-11(15)12(16)9-10/h7-9H,4-6H2,1-3H3. The normalized spacial score (nSPS) is 11.6. The number of carbonyl (C=O) groups is 1. The molecule has 1 nitrogen and oxygen atoms in total. The van der Waals surface area contributed by atoms with Crippen LogP contribution in [0.15, 0.2) is 18.2 Å². The Labute approximate surface area is 101 Å². The Bertz CT molecular complexity index is 405. The average molecular weight is 240 g/mol. The summed E-state index contributed by atoms with van der Waals surface area (Å²) in [5.74, 6) is -1.47. The molecule has 0 heterocycles. The summed E-state index contributed by atoms with van der Waals surface area (Å²) < 4.78 is 25.6. The van der Waals surface area contributed by atoms with E-state index in [2.05, 4.69) is 0 Å². The van der Waals surface area contributed by atoms with Gasteiger partial charge in [-0.15, -0.1) is 0 Å². The van der Waals surface area contributed by atoms with E-state index in [0.29, 0.717) is 19.3 Å². The van der Waals surface area contributed by atoms with E-state index in [1.165, 1.54) is 6.07 Å². The van der Waals surface area contributed by atoms with Gasteiger partial charge in [-0.2, -0.15) is 0 Å². The highest BCUT2D eigenvalue weighted by atomic mass is 19.2. The Kier molecular flexibility index (Phi) is 4.38. The Balaban J connectivity index is 2.46. The van der Waals surface area contributed by atoms with Crippen molar-refractivity contribution in [3.05, 3.63) is 35.4 Å². The summed E-state index contributed by atoms with van der Waals surface area (Å²) in [6, 6.07) is 3.87. The van der Waals surface area contributed by atoms with Crippen molar-refractivity contribution < 1.29 is 13.6 Å². The lowest BCUT2D eigenvalue weighted by molar-refractivity contribution is -0.126. The SMILES string of the molecule is CC(C)(C)C(=O)CCCc1ccc(F)c(F)c1. The third kappa shape index (κ3) is 4.25. The zero-order chi connectivity index (χ0) is 13.1. The number of rotatable bonds is 4. The summed E-state index contributed by atoms with van der Waals surface area (Å²) in [7, 11) is 0. The van der Waals surface area contributed by atoms with Gasteiger partial charge in [0.05, 0.1) is 0 Å². The van der Waals surface area contributed by atoms with E-state index in [4.69, 9.17) is 0 Å². The molecule has 0 saturated heterocycles. The highest BCUT2D eigenvalue weighted by molar-refractivity contribution is 5.83. The molecule has 0 amide bonds. The monoisotopic (exact) mass is 240 g/mol. The Hall–Kier alpha value is -1.25. The maximum absolute atomic E-state index is 12.9. The quantitative estimate of drug-likeness (QED) is 0.780. The molecule has 0 saturated carbocycles. The van der Waals surface area contributed by atoms with E-state index in [9.17, 15) is 13.6 Å².